The molecule has 1 aromatic rings. The number of hydrogen-bond donors (Lipinski definition) is 2. The van der Waals surface area contributed by atoms with E-state index in [-0.39, 0.29) is 13.2 Å². The van der Waals surface area contributed by atoms with Crippen LogP contribution in [0.25, 0.3) is 0 Å². The fourth-order valence-corrected chi connectivity index (χ4v) is 1.48. The number of esters is 1. The molecule has 0 fully saturated rings. The van der Waals surface area contributed by atoms with Gasteiger partial charge in [0.1, 0.15) is 6.61 Å². The maximum atomic E-state index is 11.2. The van der Waals surface area contributed by atoms with E-state index in [9.17, 15) is 9.36 Å². The van der Waals surface area contributed by atoms with E-state index in [2.05, 4.69) is 11.1 Å². The minimum atomic E-state index is -4.46. The van der Waals surface area contributed by atoms with Crippen LogP contribution in [0.3, 0.4) is 0 Å². The maximum absolute atomic E-state index is 11.2. The van der Waals surface area contributed by atoms with Crippen molar-refractivity contribution in [3.63, 3.8) is 0 Å². The van der Waals surface area contributed by atoms with Crippen LogP contribution in [0, 0.1) is 0 Å². The van der Waals surface area contributed by atoms with Crippen LogP contribution in [-0.4, -0.2) is 15.8 Å². The topological polar surface area (TPSA) is 93.1 Å². The minimum Gasteiger partial charge on any atom is -0.457 e. The molecule has 1 rings (SSSR count). The number of phosphoric ester groups is 1. The van der Waals surface area contributed by atoms with Crippen LogP contribution in [0.1, 0.15) is 18.1 Å². The van der Waals surface area contributed by atoms with Crippen LogP contribution in [0.5, 0.6) is 0 Å². The molecule has 6 nitrogen and oxygen atoms in total. The highest BCUT2D eigenvalue weighted by molar-refractivity contribution is 7.46. The zero-order chi connectivity index (χ0) is 14.5. The van der Waals surface area contributed by atoms with Crippen LogP contribution in [-0.2, 0) is 31.8 Å². The summed E-state index contributed by atoms with van der Waals surface area (Å²) in [5.41, 5.74) is 1.69. The predicted molar refractivity (Wildman–Crippen MR) is 67.9 cm³/mol. The number of hydrogen-bond acceptors (Lipinski definition) is 4. The summed E-state index contributed by atoms with van der Waals surface area (Å²) in [6.07, 6.45) is 0. The summed E-state index contributed by atoms with van der Waals surface area (Å²) < 4.78 is 19.8. The molecule has 19 heavy (non-hydrogen) atoms. The fraction of sp³-hybridized carbons (Fsp3) is 0.250. The van der Waals surface area contributed by atoms with Gasteiger partial charge in [0.25, 0.3) is 0 Å². The van der Waals surface area contributed by atoms with Crippen LogP contribution in [0.2, 0.25) is 0 Å². The van der Waals surface area contributed by atoms with Crippen molar-refractivity contribution in [1.82, 2.24) is 0 Å². The summed E-state index contributed by atoms with van der Waals surface area (Å²) >= 11 is 0. The summed E-state index contributed by atoms with van der Waals surface area (Å²) in [6.45, 7) is 4.96. The van der Waals surface area contributed by atoms with Gasteiger partial charge in [-0.2, -0.15) is 0 Å². The molecule has 0 aliphatic heterocycles. The third kappa shape index (κ3) is 6.31. The third-order valence-electron chi connectivity index (χ3n) is 2.14. The van der Waals surface area contributed by atoms with E-state index in [0.29, 0.717) is 11.1 Å². The Labute approximate surface area is 110 Å². The molecule has 104 valence electrons. The lowest BCUT2D eigenvalue weighted by atomic mass is 10.1. The van der Waals surface area contributed by atoms with E-state index in [1.165, 1.54) is 0 Å². The quantitative estimate of drug-likeness (QED) is 0.471. The van der Waals surface area contributed by atoms with Crippen molar-refractivity contribution in [3.05, 3.63) is 47.5 Å². The number of phosphoric acid groups is 1. The van der Waals surface area contributed by atoms with Gasteiger partial charge in [0.15, 0.2) is 0 Å². The van der Waals surface area contributed by atoms with Crippen molar-refractivity contribution in [1.29, 1.82) is 0 Å². The third-order valence-corrected chi connectivity index (χ3v) is 2.61. The molecule has 0 aliphatic rings. The van der Waals surface area contributed by atoms with Crippen LogP contribution < -0.4 is 0 Å². The minimum absolute atomic E-state index is 0.116. The summed E-state index contributed by atoms with van der Waals surface area (Å²) in [6, 6.07) is 6.65. The Balaban J connectivity index is 2.50. The number of ether oxygens (including phenoxy) is 1. The number of carbonyl (C=O) groups excluding carboxylic acids is 1. The van der Waals surface area contributed by atoms with E-state index in [0.717, 1.165) is 5.56 Å². The Bertz CT molecular complexity index is 501. The molecule has 0 saturated heterocycles. The summed E-state index contributed by atoms with van der Waals surface area (Å²) in [5.74, 6) is -0.464. The fourth-order valence-electron chi connectivity index (χ4n) is 1.16. The first kappa shape index (κ1) is 15.6. The SMILES string of the molecule is C=C(C)C(=O)OCc1ccc(COP(=O)(O)O)cc1. The van der Waals surface area contributed by atoms with Gasteiger partial charge < -0.3 is 14.5 Å². The van der Waals surface area contributed by atoms with E-state index < -0.39 is 13.8 Å². The van der Waals surface area contributed by atoms with Crippen molar-refractivity contribution in [2.24, 2.45) is 0 Å². The van der Waals surface area contributed by atoms with Gasteiger partial charge in [-0.05, 0) is 18.1 Å². The first-order valence-corrected chi connectivity index (χ1v) is 6.91. The van der Waals surface area contributed by atoms with Gasteiger partial charge >= 0.3 is 13.8 Å². The van der Waals surface area contributed by atoms with Gasteiger partial charge in [0, 0.05) is 5.57 Å². The molecule has 0 bridgehead atoms. The second-order valence-electron chi connectivity index (χ2n) is 3.94. The molecule has 0 amide bonds. The molecule has 1 aromatic carbocycles. The van der Waals surface area contributed by atoms with Gasteiger partial charge in [0.05, 0.1) is 6.61 Å². The lowest BCUT2D eigenvalue weighted by Gasteiger charge is -2.07. The van der Waals surface area contributed by atoms with Crippen molar-refractivity contribution in [3.8, 4) is 0 Å². The van der Waals surface area contributed by atoms with Crippen molar-refractivity contribution in [2.75, 3.05) is 0 Å². The molecular weight excluding hydrogens is 271 g/mol. The van der Waals surface area contributed by atoms with Gasteiger partial charge in [0.2, 0.25) is 0 Å². The number of benzene rings is 1. The number of carbonyl (C=O) groups is 1. The molecule has 0 atom stereocenters. The highest BCUT2D eigenvalue weighted by Crippen LogP contribution is 2.36. The molecule has 0 saturated carbocycles. The molecular formula is C12H15O6P. The standard InChI is InChI=1S/C12H15O6P/c1-9(2)12(13)17-7-10-3-5-11(6-4-10)8-18-19(14,15)16/h3-6H,1,7-8H2,2H3,(H2,14,15,16). The zero-order valence-corrected chi connectivity index (χ0v) is 11.3. The molecule has 0 heterocycles. The lowest BCUT2D eigenvalue weighted by molar-refractivity contribution is -0.140. The average molecular weight is 286 g/mol. The summed E-state index contributed by atoms with van der Waals surface area (Å²) in [5, 5.41) is 0. The number of rotatable bonds is 6. The molecule has 0 aromatic heterocycles. The second kappa shape index (κ2) is 6.63. The van der Waals surface area contributed by atoms with Gasteiger partial charge in [-0.1, -0.05) is 30.8 Å². The second-order valence-corrected chi connectivity index (χ2v) is 5.18. The normalized spacial score (nSPS) is 11.1. The highest BCUT2D eigenvalue weighted by atomic mass is 31.2. The largest absolute Gasteiger partial charge is 0.469 e. The van der Waals surface area contributed by atoms with Crippen LogP contribution >= 0.6 is 7.82 Å². The molecule has 7 heteroatoms. The first-order chi connectivity index (χ1) is 8.78. The monoisotopic (exact) mass is 286 g/mol. The maximum Gasteiger partial charge on any atom is 0.469 e. The molecule has 0 radical (unpaired) electrons. The molecule has 0 aliphatic carbocycles. The zero-order valence-electron chi connectivity index (χ0n) is 10.4. The highest BCUT2D eigenvalue weighted by Gasteiger charge is 2.13. The van der Waals surface area contributed by atoms with Gasteiger partial charge in [-0.25, -0.2) is 9.36 Å². The van der Waals surface area contributed by atoms with Crippen LogP contribution in [0.15, 0.2) is 36.4 Å². The van der Waals surface area contributed by atoms with E-state index >= 15 is 0 Å². The van der Waals surface area contributed by atoms with Gasteiger partial charge in [-0.15, -0.1) is 0 Å². The van der Waals surface area contributed by atoms with E-state index in [4.69, 9.17) is 14.5 Å². The molecule has 0 spiro atoms. The average Bonchev–Trinajstić information content (AvgIpc) is 2.33. The summed E-state index contributed by atoms with van der Waals surface area (Å²) in [7, 11) is -4.46. The van der Waals surface area contributed by atoms with Crippen molar-refractivity contribution >= 4 is 13.8 Å². The van der Waals surface area contributed by atoms with Crippen molar-refractivity contribution < 1.29 is 28.4 Å². The smallest absolute Gasteiger partial charge is 0.457 e. The van der Waals surface area contributed by atoms with E-state index in [1.54, 1.807) is 31.2 Å². The Morgan fingerprint density at radius 2 is 1.68 bits per heavy atom. The Morgan fingerprint density at radius 1 is 1.21 bits per heavy atom. The molecule has 2 N–H and O–H groups in total. The Hall–Kier alpha value is -1.46. The first-order valence-electron chi connectivity index (χ1n) is 5.38. The van der Waals surface area contributed by atoms with Crippen molar-refractivity contribution in [2.45, 2.75) is 20.1 Å². The van der Waals surface area contributed by atoms with Crippen LogP contribution in [0.4, 0.5) is 0 Å². The van der Waals surface area contributed by atoms with E-state index in [1.807, 2.05) is 0 Å². The predicted octanol–water partition coefficient (Wildman–Crippen LogP) is 1.92. The Morgan fingerprint density at radius 3 is 2.11 bits per heavy atom. The molecule has 0 unspecified atom stereocenters. The summed E-state index contributed by atoms with van der Waals surface area (Å²) in [4.78, 5) is 28.3. The lowest BCUT2D eigenvalue weighted by Crippen LogP contribution is -2.04. The Kier molecular flexibility index (Phi) is 5.44. The van der Waals surface area contributed by atoms with Gasteiger partial charge in [-0.3, -0.25) is 4.52 Å².